The molecule has 0 aromatic carbocycles. The molecule has 1 aliphatic rings. The Labute approximate surface area is 115 Å². The van der Waals surface area contributed by atoms with Gasteiger partial charge in [-0.3, -0.25) is 4.79 Å². The van der Waals surface area contributed by atoms with E-state index < -0.39 is 8.32 Å². The van der Waals surface area contributed by atoms with E-state index in [1.807, 2.05) is 12.1 Å². The third kappa shape index (κ3) is 2.92. The molecule has 0 aliphatic carbocycles. The van der Waals surface area contributed by atoms with Crippen LogP contribution in [0.3, 0.4) is 0 Å². The molecule has 0 bridgehead atoms. The van der Waals surface area contributed by atoms with E-state index in [2.05, 4.69) is 39.2 Å². The van der Waals surface area contributed by atoms with Crippen molar-refractivity contribution in [2.45, 2.75) is 57.5 Å². The monoisotopic (exact) mass is 281 g/mol. The van der Waals surface area contributed by atoms with Crippen molar-refractivity contribution in [2.75, 3.05) is 0 Å². The van der Waals surface area contributed by atoms with Crippen LogP contribution in [-0.2, 0) is 9.22 Å². The van der Waals surface area contributed by atoms with Crippen LogP contribution in [0.5, 0.6) is 0 Å². The van der Waals surface area contributed by atoms with Gasteiger partial charge in [-0.1, -0.05) is 20.8 Å². The summed E-state index contributed by atoms with van der Waals surface area (Å²) in [6.45, 7) is 10.9. The number of hydrogen-bond acceptors (Lipinski definition) is 3. The molecule has 1 aliphatic heterocycles. The predicted molar refractivity (Wildman–Crippen MR) is 76.3 cm³/mol. The Bertz CT molecular complexity index is 448. The fourth-order valence-electron chi connectivity index (χ4n) is 1.96. The molecular weight excluding hydrogens is 258 g/mol. The molecule has 1 amide bonds. The first-order chi connectivity index (χ1) is 8.71. The average Bonchev–Trinajstić information content (AvgIpc) is 2.86. The van der Waals surface area contributed by atoms with Crippen molar-refractivity contribution in [1.82, 2.24) is 5.32 Å². The zero-order valence-electron chi connectivity index (χ0n) is 12.3. The van der Waals surface area contributed by atoms with Crippen LogP contribution in [0.2, 0.25) is 18.1 Å². The highest BCUT2D eigenvalue weighted by Gasteiger charge is 2.44. The Hall–Kier alpha value is -1.07. The first-order valence-electron chi connectivity index (χ1n) is 6.72. The zero-order valence-corrected chi connectivity index (χ0v) is 13.3. The van der Waals surface area contributed by atoms with E-state index in [0.29, 0.717) is 6.42 Å². The molecule has 0 unspecified atom stereocenters. The minimum atomic E-state index is -1.92. The Balaban J connectivity index is 2.05. The highest BCUT2D eigenvalue weighted by atomic mass is 28.4. The van der Waals surface area contributed by atoms with Gasteiger partial charge in [-0.2, -0.15) is 0 Å². The third-order valence-corrected chi connectivity index (χ3v) is 8.67. The van der Waals surface area contributed by atoms with Crippen molar-refractivity contribution >= 4 is 14.2 Å². The molecule has 2 atom stereocenters. The molecule has 2 rings (SSSR count). The van der Waals surface area contributed by atoms with Crippen LogP contribution < -0.4 is 5.32 Å². The minimum Gasteiger partial charge on any atom is -0.467 e. The summed E-state index contributed by atoms with van der Waals surface area (Å²) in [4.78, 5) is 12.0. The summed E-state index contributed by atoms with van der Waals surface area (Å²) in [7, 11) is -1.92. The summed E-state index contributed by atoms with van der Waals surface area (Å²) in [5, 5.41) is 3.05. The van der Waals surface area contributed by atoms with Gasteiger partial charge >= 0.3 is 0 Å². The Kier molecular flexibility index (Phi) is 3.62. The van der Waals surface area contributed by atoms with E-state index in [1.54, 1.807) is 6.26 Å². The molecular formula is C14H23NO3Si. The van der Waals surface area contributed by atoms with Crippen LogP contribution in [0.4, 0.5) is 0 Å². The molecule has 0 saturated carbocycles. The molecule has 1 aromatic heterocycles. The highest BCUT2D eigenvalue weighted by molar-refractivity contribution is 6.74. The molecule has 0 radical (unpaired) electrons. The molecule has 2 heterocycles. The predicted octanol–water partition coefficient (Wildman–Crippen LogP) is 3.23. The largest absolute Gasteiger partial charge is 0.467 e. The minimum absolute atomic E-state index is 0.0220. The molecule has 0 spiro atoms. The van der Waals surface area contributed by atoms with Gasteiger partial charge in [0.25, 0.3) is 0 Å². The molecule has 1 saturated heterocycles. The second kappa shape index (κ2) is 4.79. The van der Waals surface area contributed by atoms with Crippen LogP contribution >= 0.6 is 0 Å². The van der Waals surface area contributed by atoms with Crippen LogP contribution in [0.25, 0.3) is 0 Å². The number of hydrogen-bond donors (Lipinski definition) is 1. The van der Waals surface area contributed by atoms with Crippen molar-refractivity contribution in [3.05, 3.63) is 24.2 Å². The summed E-state index contributed by atoms with van der Waals surface area (Å²) in [5.74, 6) is 0.779. The molecule has 19 heavy (non-hydrogen) atoms. The van der Waals surface area contributed by atoms with Gasteiger partial charge < -0.3 is 14.2 Å². The second-order valence-corrected chi connectivity index (χ2v) is 11.4. The normalized spacial score (nSPS) is 24.6. The van der Waals surface area contributed by atoms with Gasteiger partial charge in [0, 0.05) is 6.42 Å². The van der Waals surface area contributed by atoms with Gasteiger partial charge in [-0.25, -0.2) is 0 Å². The number of carbonyl (C=O) groups is 1. The maximum Gasteiger partial charge on any atom is 0.248 e. The summed E-state index contributed by atoms with van der Waals surface area (Å²) >= 11 is 0. The van der Waals surface area contributed by atoms with E-state index in [0.717, 1.165) is 5.76 Å². The number of carbonyl (C=O) groups excluding carboxylic acids is 1. The maximum atomic E-state index is 12.0. The van der Waals surface area contributed by atoms with Gasteiger partial charge in [0.15, 0.2) is 8.32 Å². The van der Waals surface area contributed by atoms with E-state index in [-0.39, 0.29) is 23.1 Å². The number of nitrogens with one attached hydrogen (secondary N) is 1. The third-order valence-electron chi connectivity index (χ3n) is 4.19. The van der Waals surface area contributed by atoms with Crippen LogP contribution in [0.15, 0.2) is 22.8 Å². The Morgan fingerprint density at radius 3 is 2.63 bits per heavy atom. The molecule has 1 aromatic rings. The second-order valence-electron chi connectivity index (χ2n) is 6.68. The summed E-state index contributed by atoms with van der Waals surface area (Å²) in [5.41, 5.74) is 0. The zero-order chi connectivity index (χ0) is 14.3. The first kappa shape index (κ1) is 14.3. The number of amides is 1. The topological polar surface area (TPSA) is 51.5 Å². The standard InChI is InChI=1S/C14H23NO3Si/c1-14(2,3)19(4,5)18-12-9-10(15-13(12)16)11-7-6-8-17-11/h6-8,10,12H,9H2,1-5H3,(H,15,16)/t10-,12+/m0/s1. The molecule has 5 heteroatoms. The van der Waals surface area contributed by atoms with Gasteiger partial charge in [-0.15, -0.1) is 0 Å². The first-order valence-corrected chi connectivity index (χ1v) is 9.63. The van der Waals surface area contributed by atoms with Crippen molar-refractivity contribution < 1.29 is 13.6 Å². The maximum absolute atomic E-state index is 12.0. The van der Waals surface area contributed by atoms with E-state index >= 15 is 0 Å². The van der Waals surface area contributed by atoms with E-state index in [1.165, 1.54) is 0 Å². The summed E-state index contributed by atoms with van der Waals surface area (Å²) < 4.78 is 11.5. The highest BCUT2D eigenvalue weighted by Crippen LogP contribution is 2.39. The lowest BCUT2D eigenvalue weighted by molar-refractivity contribution is -0.125. The Morgan fingerprint density at radius 1 is 1.42 bits per heavy atom. The van der Waals surface area contributed by atoms with Gasteiger partial charge in [0.2, 0.25) is 5.91 Å². The van der Waals surface area contributed by atoms with Gasteiger partial charge in [-0.05, 0) is 30.3 Å². The molecule has 1 fully saturated rings. The van der Waals surface area contributed by atoms with Crippen molar-refractivity contribution in [3.8, 4) is 0 Å². The lowest BCUT2D eigenvalue weighted by atomic mass is 10.1. The van der Waals surface area contributed by atoms with E-state index in [9.17, 15) is 4.79 Å². The van der Waals surface area contributed by atoms with Crippen molar-refractivity contribution in [2.24, 2.45) is 0 Å². The van der Waals surface area contributed by atoms with Crippen molar-refractivity contribution in [1.29, 1.82) is 0 Å². The fraction of sp³-hybridized carbons (Fsp3) is 0.643. The smallest absolute Gasteiger partial charge is 0.248 e. The van der Waals surface area contributed by atoms with Crippen LogP contribution in [0.1, 0.15) is 39.0 Å². The average molecular weight is 281 g/mol. The van der Waals surface area contributed by atoms with E-state index in [4.69, 9.17) is 8.84 Å². The lowest BCUT2D eigenvalue weighted by Gasteiger charge is -2.37. The Morgan fingerprint density at radius 2 is 2.11 bits per heavy atom. The number of furan rings is 1. The summed E-state index contributed by atoms with van der Waals surface area (Å²) in [6, 6.07) is 3.67. The van der Waals surface area contributed by atoms with Crippen molar-refractivity contribution in [3.63, 3.8) is 0 Å². The van der Waals surface area contributed by atoms with Gasteiger partial charge in [0.05, 0.1) is 12.3 Å². The SMILES string of the molecule is CC(C)(C)[Si](C)(C)O[C@@H]1C[C@@H](c2ccco2)NC1=O. The molecule has 1 N–H and O–H groups in total. The fourth-order valence-corrected chi connectivity index (χ4v) is 3.22. The summed E-state index contributed by atoms with van der Waals surface area (Å²) in [6.07, 6.45) is 1.93. The van der Waals surface area contributed by atoms with Crippen LogP contribution in [-0.4, -0.2) is 20.3 Å². The molecule has 4 nitrogen and oxygen atoms in total. The van der Waals surface area contributed by atoms with Crippen LogP contribution in [0, 0.1) is 0 Å². The number of rotatable bonds is 3. The molecule has 106 valence electrons. The quantitative estimate of drug-likeness (QED) is 0.865. The lowest BCUT2D eigenvalue weighted by Crippen LogP contribution is -2.45. The van der Waals surface area contributed by atoms with Gasteiger partial charge in [0.1, 0.15) is 11.9 Å².